The second-order valence-corrected chi connectivity index (χ2v) is 4.32. The van der Waals surface area contributed by atoms with E-state index in [4.69, 9.17) is 4.74 Å². The van der Waals surface area contributed by atoms with Gasteiger partial charge in [0.25, 0.3) is 0 Å². The van der Waals surface area contributed by atoms with E-state index in [1.54, 1.807) is 6.20 Å². The van der Waals surface area contributed by atoms with E-state index in [0.29, 0.717) is 12.6 Å². The highest BCUT2D eigenvalue weighted by Gasteiger charge is 2.10. The van der Waals surface area contributed by atoms with Crippen LogP contribution in [0.2, 0.25) is 0 Å². The molecule has 1 rings (SSSR count). The quantitative estimate of drug-likeness (QED) is 0.783. The second-order valence-electron chi connectivity index (χ2n) is 4.32. The molecule has 1 N–H and O–H groups in total. The fraction of sp³-hybridized carbons (Fsp3) is 0.615. The molecule has 4 heteroatoms. The van der Waals surface area contributed by atoms with Crippen molar-refractivity contribution in [3.63, 3.8) is 0 Å². The van der Waals surface area contributed by atoms with Crippen molar-refractivity contribution in [2.45, 2.75) is 19.4 Å². The third kappa shape index (κ3) is 4.71. The minimum absolute atomic E-state index is 0.324. The molecule has 0 saturated heterocycles. The van der Waals surface area contributed by atoms with Crippen molar-refractivity contribution in [3.05, 3.63) is 24.0 Å². The first-order chi connectivity index (χ1) is 8.17. The molecule has 4 nitrogen and oxygen atoms in total. The summed E-state index contributed by atoms with van der Waals surface area (Å²) in [6, 6.07) is 2.39. The molecule has 1 atom stereocenters. The van der Waals surface area contributed by atoms with Crippen LogP contribution in [-0.4, -0.2) is 44.2 Å². The number of hydrogen-bond acceptors (Lipinski definition) is 4. The molecule has 0 aromatic carbocycles. The Morgan fingerprint density at radius 1 is 1.41 bits per heavy atom. The number of pyridine rings is 1. The van der Waals surface area contributed by atoms with E-state index in [1.807, 2.05) is 20.2 Å². The van der Waals surface area contributed by atoms with Gasteiger partial charge in [-0.15, -0.1) is 0 Å². The molecule has 0 aliphatic carbocycles. The SMILES string of the molecule is CCOc1cncc(C(CCN(C)C)NC)c1. The number of nitrogens with zero attached hydrogens (tertiary/aromatic N) is 2. The van der Waals surface area contributed by atoms with Crippen LogP contribution in [0, 0.1) is 0 Å². The first-order valence-corrected chi connectivity index (χ1v) is 6.07. The van der Waals surface area contributed by atoms with Crippen LogP contribution in [0.3, 0.4) is 0 Å². The largest absolute Gasteiger partial charge is 0.492 e. The van der Waals surface area contributed by atoms with E-state index in [1.165, 1.54) is 5.56 Å². The summed E-state index contributed by atoms with van der Waals surface area (Å²) >= 11 is 0. The summed E-state index contributed by atoms with van der Waals surface area (Å²) in [7, 11) is 6.15. The Morgan fingerprint density at radius 3 is 2.76 bits per heavy atom. The summed E-state index contributed by atoms with van der Waals surface area (Å²) in [5.41, 5.74) is 1.18. The predicted octanol–water partition coefficient (Wildman–Crippen LogP) is 1.69. The lowest BCUT2D eigenvalue weighted by molar-refractivity contribution is 0.336. The summed E-state index contributed by atoms with van der Waals surface area (Å²) in [6.07, 6.45) is 4.71. The maximum Gasteiger partial charge on any atom is 0.137 e. The number of aromatic nitrogens is 1. The molecule has 0 bridgehead atoms. The fourth-order valence-corrected chi connectivity index (χ4v) is 1.74. The fourth-order valence-electron chi connectivity index (χ4n) is 1.74. The van der Waals surface area contributed by atoms with Gasteiger partial charge in [-0.05, 0) is 52.7 Å². The average Bonchev–Trinajstić information content (AvgIpc) is 2.30. The number of rotatable bonds is 7. The van der Waals surface area contributed by atoms with Crippen LogP contribution < -0.4 is 10.1 Å². The molecule has 0 saturated carbocycles. The lowest BCUT2D eigenvalue weighted by Crippen LogP contribution is -2.23. The van der Waals surface area contributed by atoms with Crippen molar-refractivity contribution >= 4 is 0 Å². The molecule has 0 aliphatic rings. The van der Waals surface area contributed by atoms with Crippen molar-refractivity contribution in [1.82, 2.24) is 15.2 Å². The van der Waals surface area contributed by atoms with Crippen molar-refractivity contribution < 1.29 is 4.74 Å². The molecule has 0 radical (unpaired) electrons. The van der Waals surface area contributed by atoms with Crippen LogP contribution in [0.1, 0.15) is 24.9 Å². The molecule has 1 unspecified atom stereocenters. The molecular formula is C13H23N3O. The first-order valence-electron chi connectivity index (χ1n) is 6.07. The van der Waals surface area contributed by atoms with Gasteiger partial charge in [-0.2, -0.15) is 0 Å². The highest BCUT2D eigenvalue weighted by atomic mass is 16.5. The van der Waals surface area contributed by atoms with Gasteiger partial charge in [0.1, 0.15) is 5.75 Å². The molecule has 1 aromatic heterocycles. The van der Waals surface area contributed by atoms with Gasteiger partial charge in [0.2, 0.25) is 0 Å². The smallest absolute Gasteiger partial charge is 0.137 e. The normalized spacial score (nSPS) is 12.8. The third-order valence-corrected chi connectivity index (χ3v) is 2.66. The molecule has 0 fully saturated rings. The molecule has 17 heavy (non-hydrogen) atoms. The van der Waals surface area contributed by atoms with Gasteiger partial charge in [0.05, 0.1) is 12.8 Å². The predicted molar refractivity (Wildman–Crippen MR) is 70.4 cm³/mol. The zero-order chi connectivity index (χ0) is 12.7. The summed E-state index contributed by atoms with van der Waals surface area (Å²) < 4.78 is 5.47. The Morgan fingerprint density at radius 2 is 2.18 bits per heavy atom. The van der Waals surface area contributed by atoms with Crippen molar-refractivity contribution in [3.8, 4) is 5.75 Å². The van der Waals surface area contributed by atoms with Crippen molar-refractivity contribution in [2.24, 2.45) is 0 Å². The van der Waals surface area contributed by atoms with Crippen LogP contribution in [-0.2, 0) is 0 Å². The summed E-state index contributed by atoms with van der Waals surface area (Å²) in [6.45, 7) is 3.70. The van der Waals surface area contributed by atoms with Gasteiger partial charge < -0.3 is 15.0 Å². The van der Waals surface area contributed by atoms with Gasteiger partial charge in [0, 0.05) is 12.2 Å². The molecule has 96 valence electrons. The Labute approximate surface area is 104 Å². The molecular weight excluding hydrogens is 214 g/mol. The van der Waals surface area contributed by atoms with E-state index in [2.05, 4.69) is 35.4 Å². The number of hydrogen-bond donors (Lipinski definition) is 1. The zero-order valence-corrected chi connectivity index (χ0v) is 11.2. The van der Waals surface area contributed by atoms with Gasteiger partial charge in [0.15, 0.2) is 0 Å². The topological polar surface area (TPSA) is 37.4 Å². The Hall–Kier alpha value is -1.13. The Bertz CT molecular complexity index is 328. The molecule has 0 aliphatic heterocycles. The van der Waals surface area contributed by atoms with Gasteiger partial charge in [-0.25, -0.2) is 0 Å². The van der Waals surface area contributed by atoms with E-state index >= 15 is 0 Å². The van der Waals surface area contributed by atoms with Gasteiger partial charge in [-0.3, -0.25) is 4.98 Å². The lowest BCUT2D eigenvalue weighted by Gasteiger charge is -2.19. The molecule has 0 spiro atoms. The zero-order valence-electron chi connectivity index (χ0n) is 11.2. The summed E-state index contributed by atoms with van der Waals surface area (Å²) in [5, 5.41) is 3.32. The number of ether oxygens (including phenoxy) is 1. The molecule has 1 heterocycles. The highest BCUT2D eigenvalue weighted by molar-refractivity contribution is 5.26. The third-order valence-electron chi connectivity index (χ3n) is 2.66. The van der Waals surface area contributed by atoms with E-state index in [-0.39, 0.29) is 0 Å². The minimum atomic E-state index is 0.324. The van der Waals surface area contributed by atoms with Crippen LogP contribution in [0.5, 0.6) is 5.75 Å². The Balaban J connectivity index is 2.69. The maximum atomic E-state index is 5.47. The second kappa shape index (κ2) is 7.25. The lowest BCUT2D eigenvalue weighted by atomic mass is 10.1. The summed E-state index contributed by atoms with van der Waals surface area (Å²) in [4.78, 5) is 6.41. The van der Waals surface area contributed by atoms with E-state index in [9.17, 15) is 0 Å². The van der Waals surface area contributed by atoms with Crippen LogP contribution in [0.25, 0.3) is 0 Å². The molecule has 0 amide bonds. The minimum Gasteiger partial charge on any atom is -0.492 e. The van der Waals surface area contributed by atoms with Crippen LogP contribution >= 0.6 is 0 Å². The van der Waals surface area contributed by atoms with Crippen molar-refractivity contribution in [1.29, 1.82) is 0 Å². The van der Waals surface area contributed by atoms with Gasteiger partial charge in [-0.1, -0.05) is 0 Å². The highest BCUT2D eigenvalue weighted by Crippen LogP contribution is 2.20. The monoisotopic (exact) mass is 237 g/mol. The average molecular weight is 237 g/mol. The number of nitrogens with one attached hydrogen (secondary N) is 1. The van der Waals surface area contributed by atoms with E-state index < -0.39 is 0 Å². The van der Waals surface area contributed by atoms with Gasteiger partial charge >= 0.3 is 0 Å². The summed E-state index contributed by atoms with van der Waals surface area (Å²) in [5.74, 6) is 0.843. The van der Waals surface area contributed by atoms with E-state index in [0.717, 1.165) is 18.7 Å². The first kappa shape index (κ1) is 13.9. The van der Waals surface area contributed by atoms with Crippen LogP contribution in [0.15, 0.2) is 18.5 Å². The maximum absolute atomic E-state index is 5.47. The Kier molecular flexibility index (Phi) is 5.94. The van der Waals surface area contributed by atoms with Crippen molar-refractivity contribution in [2.75, 3.05) is 34.3 Å². The standard InChI is InChI=1S/C13H23N3O/c1-5-17-12-8-11(9-15-10-12)13(14-2)6-7-16(3)4/h8-10,13-14H,5-7H2,1-4H3. The molecule has 1 aromatic rings. The van der Waals surface area contributed by atoms with Crippen LogP contribution in [0.4, 0.5) is 0 Å².